The first-order chi connectivity index (χ1) is 34.4. The van der Waals surface area contributed by atoms with Crippen molar-refractivity contribution in [3.8, 4) is 55.6 Å². The van der Waals surface area contributed by atoms with Crippen LogP contribution in [-0.4, -0.2) is 0 Å². The molecule has 0 saturated carbocycles. The third-order valence-corrected chi connectivity index (χ3v) is 14.5. The molecule has 1 aliphatic carbocycles. The van der Waals surface area contributed by atoms with Gasteiger partial charge in [0.1, 0.15) is 0 Å². The maximum atomic E-state index is 2.55. The molecule has 1 aliphatic rings. The standard InChI is InChI=1S/C69H53N/c1-68(2,3)55-39-35-49(36-40-55)53-38-43-65(62(46-53)50-23-10-5-11-24-50)70(66-44-37-51-25-16-17-32-59(51)67(66)54-27-20-26-52(45-54)48-21-8-4-9-22-48)58-41-42-61-60-33-18-19-34-63(60)69(64(61)47-58,56-28-12-6-13-29-56)57-30-14-7-15-31-57/h4-47H,1-3H3. The Kier molecular flexibility index (Phi) is 10.7. The third-order valence-electron chi connectivity index (χ3n) is 14.5. The van der Waals surface area contributed by atoms with E-state index >= 15 is 0 Å². The highest BCUT2D eigenvalue weighted by Crippen LogP contribution is 2.58. The molecule has 0 saturated heterocycles. The van der Waals surface area contributed by atoms with E-state index in [1.54, 1.807) is 0 Å². The van der Waals surface area contributed by atoms with Gasteiger partial charge in [-0.2, -0.15) is 0 Å². The summed E-state index contributed by atoms with van der Waals surface area (Å²) in [6, 6.07) is 99.0. The van der Waals surface area contributed by atoms with Gasteiger partial charge in [-0.05, 0) is 125 Å². The van der Waals surface area contributed by atoms with Gasteiger partial charge in [-0.25, -0.2) is 0 Å². The van der Waals surface area contributed by atoms with Crippen LogP contribution in [0.1, 0.15) is 48.6 Å². The fourth-order valence-electron chi connectivity index (χ4n) is 11.1. The smallest absolute Gasteiger partial charge is 0.0714 e. The van der Waals surface area contributed by atoms with Crippen molar-refractivity contribution in [3.63, 3.8) is 0 Å². The summed E-state index contributed by atoms with van der Waals surface area (Å²) in [6.07, 6.45) is 0. The first-order valence-corrected chi connectivity index (χ1v) is 24.5. The van der Waals surface area contributed by atoms with Crippen LogP contribution in [0, 0.1) is 0 Å². The van der Waals surface area contributed by atoms with Crippen LogP contribution in [0.5, 0.6) is 0 Å². The largest absolute Gasteiger partial charge is 0.309 e. The number of rotatable bonds is 9. The van der Waals surface area contributed by atoms with Crippen molar-refractivity contribution < 1.29 is 0 Å². The second-order valence-corrected chi connectivity index (χ2v) is 19.6. The Balaban J connectivity index is 1.17. The molecule has 0 aliphatic heterocycles. The van der Waals surface area contributed by atoms with E-state index < -0.39 is 5.41 Å². The average molecular weight is 896 g/mol. The van der Waals surface area contributed by atoms with Gasteiger partial charge < -0.3 is 4.90 Å². The van der Waals surface area contributed by atoms with E-state index in [1.807, 2.05) is 0 Å². The summed E-state index contributed by atoms with van der Waals surface area (Å²) in [4.78, 5) is 2.55. The number of nitrogens with zero attached hydrogens (tertiary/aromatic N) is 1. The molecule has 0 spiro atoms. The zero-order valence-corrected chi connectivity index (χ0v) is 39.9. The molecule has 70 heavy (non-hydrogen) atoms. The molecule has 11 aromatic rings. The fraction of sp³-hybridized carbons (Fsp3) is 0.0725. The van der Waals surface area contributed by atoms with Crippen molar-refractivity contribution in [3.05, 3.63) is 295 Å². The Morgan fingerprint density at radius 3 is 1.56 bits per heavy atom. The molecular formula is C69H53N. The topological polar surface area (TPSA) is 3.24 Å². The Hall–Kier alpha value is -8.52. The summed E-state index contributed by atoms with van der Waals surface area (Å²) in [7, 11) is 0. The highest BCUT2D eigenvalue weighted by Gasteiger charge is 2.46. The summed E-state index contributed by atoms with van der Waals surface area (Å²) in [5.74, 6) is 0. The molecule has 0 bridgehead atoms. The van der Waals surface area contributed by atoms with E-state index in [0.29, 0.717) is 0 Å². The number of fused-ring (bicyclic) bond motifs is 4. The highest BCUT2D eigenvalue weighted by atomic mass is 15.1. The lowest BCUT2D eigenvalue weighted by atomic mass is 9.67. The Labute approximate surface area is 412 Å². The van der Waals surface area contributed by atoms with E-state index in [0.717, 1.165) is 33.8 Å². The van der Waals surface area contributed by atoms with Crippen molar-refractivity contribution in [2.75, 3.05) is 4.90 Å². The van der Waals surface area contributed by atoms with Crippen molar-refractivity contribution in [1.29, 1.82) is 0 Å². The van der Waals surface area contributed by atoms with Crippen molar-refractivity contribution in [1.82, 2.24) is 0 Å². The molecule has 0 aromatic heterocycles. The quantitative estimate of drug-likeness (QED) is 0.140. The summed E-state index contributed by atoms with van der Waals surface area (Å²) in [6.45, 7) is 6.83. The highest BCUT2D eigenvalue weighted by molar-refractivity contribution is 6.07. The number of hydrogen-bond acceptors (Lipinski definition) is 1. The van der Waals surface area contributed by atoms with Crippen LogP contribution in [0.25, 0.3) is 66.4 Å². The first kappa shape index (κ1) is 42.8. The van der Waals surface area contributed by atoms with Gasteiger partial charge in [0.25, 0.3) is 0 Å². The van der Waals surface area contributed by atoms with Crippen LogP contribution in [0.3, 0.4) is 0 Å². The van der Waals surface area contributed by atoms with E-state index in [1.165, 1.54) is 77.5 Å². The van der Waals surface area contributed by atoms with Crippen LogP contribution in [0.2, 0.25) is 0 Å². The molecule has 0 fully saturated rings. The van der Waals surface area contributed by atoms with Gasteiger partial charge in [0.15, 0.2) is 0 Å². The van der Waals surface area contributed by atoms with Gasteiger partial charge in [0.2, 0.25) is 0 Å². The molecule has 0 heterocycles. The Morgan fingerprint density at radius 2 is 0.857 bits per heavy atom. The van der Waals surface area contributed by atoms with Crippen molar-refractivity contribution in [2.24, 2.45) is 0 Å². The van der Waals surface area contributed by atoms with E-state index in [-0.39, 0.29) is 5.41 Å². The monoisotopic (exact) mass is 895 g/mol. The minimum atomic E-state index is -0.572. The molecule has 11 aromatic carbocycles. The van der Waals surface area contributed by atoms with Gasteiger partial charge in [0.05, 0.1) is 16.8 Å². The van der Waals surface area contributed by atoms with Crippen molar-refractivity contribution in [2.45, 2.75) is 31.6 Å². The Morgan fingerprint density at radius 1 is 0.329 bits per heavy atom. The van der Waals surface area contributed by atoms with Crippen LogP contribution in [-0.2, 0) is 10.8 Å². The lowest BCUT2D eigenvalue weighted by Gasteiger charge is -2.35. The molecule has 0 radical (unpaired) electrons. The summed E-state index contributed by atoms with van der Waals surface area (Å²) < 4.78 is 0. The summed E-state index contributed by atoms with van der Waals surface area (Å²) in [5, 5.41) is 2.39. The van der Waals surface area contributed by atoms with E-state index in [2.05, 4.69) is 293 Å². The van der Waals surface area contributed by atoms with Gasteiger partial charge >= 0.3 is 0 Å². The minimum absolute atomic E-state index is 0.0616. The minimum Gasteiger partial charge on any atom is -0.309 e. The maximum absolute atomic E-state index is 2.55. The number of hydrogen-bond donors (Lipinski definition) is 0. The van der Waals surface area contributed by atoms with Gasteiger partial charge in [-0.3, -0.25) is 0 Å². The van der Waals surface area contributed by atoms with Gasteiger partial charge in [-0.15, -0.1) is 0 Å². The molecule has 0 N–H and O–H groups in total. The SMILES string of the molecule is CC(C)(C)c1ccc(-c2ccc(N(c3ccc4c(c3)C(c3ccccc3)(c3ccccc3)c3ccccc3-4)c3ccc4ccccc4c3-c3cccc(-c4ccccc4)c3)c(-c3ccccc3)c2)cc1. The number of anilines is 3. The second kappa shape index (κ2) is 17.5. The molecule has 12 rings (SSSR count). The first-order valence-electron chi connectivity index (χ1n) is 24.5. The number of benzene rings is 11. The molecule has 0 amide bonds. The molecular weight excluding hydrogens is 843 g/mol. The molecule has 1 nitrogen and oxygen atoms in total. The predicted octanol–water partition coefficient (Wildman–Crippen LogP) is 18.6. The van der Waals surface area contributed by atoms with E-state index in [9.17, 15) is 0 Å². The van der Waals surface area contributed by atoms with Crippen molar-refractivity contribution >= 4 is 27.8 Å². The third kappa shape index (κ3) is 7.34. The lowest BCUT2D eigenvalue weighted by Crippen LogP contribution is -2.28. The summed E-state index contributed by atoms with van der Waals surface area (Å²) >= 11 is 0. The normalized spacial score (nSPS) is 12.6. The van der Waals surface area contributed by atoms with Gasteiger partial charge in [0, 0.05) is 16.8 Å². The van der Waals surface area contributed by atoms with Crippen LogP contribution >= 0.6 is 0 Å². The zero-order chi connectivity index (χ0) is 47.2. The van der Waals surface area contributed by atoms with E-state index in [4.69, 9.17) is 0 Å². The molecule has 0 atom stereocenters. The zero-order valence-electron chi connectivity index (χ0n) is 39.9. The average Bonchev–Trinajstić information content (AvgIpc) is 3.72. The molecule has 0 unspecified atom stereocenters. The Bertz CT molecular complexity index is 3620. The lowest BCUT2D eigenvalue weighted by molar-refractivity contribution is 0.590. The second-order valence-electron chi connectivity index (χ2n) is 19.6. The van der Waals surface area contributed by atoms with Crippen LogP contribution in [0.4, 0.5) is 17.1 Å². The fourth-order valence-corrected chi connectivity index (χ4v) is 11.1. The van der Waals surface area contributed by atoms with Gasteiger partial charge in [-0.1, -0.05) is 251 Å². The summed E-state index contributed by atoms with van der Waals surface area (Å²) in [5.41, 5.74) is 21.0. The predicted molar refractivity (Wildman–Crippen MR) is 296 cm³/mol. The van der Waals surface area contributed by atoms with Crippen LogP contribution < -0.4 is 4.90 Å². The molecule has 1 heteroatoms. The maximum Gasteiger partial charge on any atom is 0.0714 e. The molecule has 334 valence electrons. The van der Waals surface area contributed by atoms with Crippen LogP contribution in [0.15, 0.2) is 267 Å².